The summed E-state index contributed by atoms with van der Waals surface area (Å²) in [6.45, 7) is 0.479. The summed E-state index contributed by atoms with van der Waals surface area (Å²) in [6.07, 6.45) is 3.37. The van der Waals surface area contributed by atoms with Gasteiger partial charge < -0.3 is 14.8 Å². The molecule has 0 fully saturated rings. The third-order valence-electron chi connectivity index (χ3n) is 4.22. The molecule has 0 spiro atoms. The number of hydrogen-bond donors (Lipinski definition) is 1. The number of ether oxygens (including phenoxy) is 2. The van der Waals surface area contributed by atoms with Crippen molar-refractivity contribution >= 4 is 33.3 Å². The summed E-state index contributed by atoms with van der Waals surface area (Å²) in [6, 6.07) is 11.0. The number of carbonyl (C=O) groups is 1. The van der Waals surface area contributed by atoms with Gasteiger partial charge in [-0.25, -0.2) is 0 Å². The minimum absolute atomic E-state index is 0.228. The molecule has 0 radical (unpaired) electrons. The van der Waals surface area contributed by atoms with Crippen molar-refractivity contribution in [3.05, 3.63) is 59.9 Å². The molecule has 0 unspecified atom stereocenters. The Morgan fingerprint density at radius 1 is 1.21 bits per heavy atom. The summed E-state index contributed by atoms with van der Waals surface area (Å²) in [5, 5.41) is 11.2. The van der Waals surface area contributed by atoms with Gasteiger partial charge in [0.2, 0.25) is 0 Å². The van der Waals surface area contributed by atoms with Crippen molar-refractivity contribution in [3.63, 3.8) is 0 Å². The lowest BCUT2D eigenvalue weighted by atomic mass is 10.2. The summed E-state index contributed by atoms with van der Waals surface area (Å²) < 4.78 is 17.3. The zero-order chi connectivity index (χ0) is 19.5. The zero-order valence-electron chi connectivity index (χ0n) is 15.2. The van der Waals surface area contributed by atoms with E-state index in [2.05, 4.69) is 20.0 Å². The van der Waals surface area contributed by atoms with Gasteiger partial charge in [0.25, 0.3) is 5.91 Å². The Morgan fingerprint density at radius 2 is 2.11 bits per heavy atom. The van der Waals surface area contributed by atoms with Gasteiger partial charge in [0, 0.05) is 17.3 Å². The molecule has 0 saturated heterocycles. The SMILES string of the molecule is COc1cccc(Cn2cc(NC(=O)c3ccc4snnc4c3)cn2)c1OC. The fraction of sp³-hybridized carbons (Fsp3) is 0.158. The van der Waals surface area contributed by atoms with Crippen LogP contribution >= 0.6 is 11.5 Å². The molecule has 0 bridgehead atoms. The molecule has 4 aromatic rings. The van der Waals surface area contributed by atoms with Gasteiger partial charge in [-0.2, -0.15) is 5.10 Å². The highest BCUT2D eigenvalue weighted by Gasteiger charge is 2.12. The topological polar surface area (TPSA) is 91.2 Å². The van der Waals surface area contributed by atoms with Crippen molar-refractivity contribution in [2.75, 3.05) is 19.5 Å². The van der Waals surface area contributed by atoms with Gasteiger partial charge in [-0.1, -0.05) is 16.6 Å². The molecule has 0 aliphatic carbocycles. The number of anilines is 1. The summed E-state index contributed by atoms with van der Waals surface area (Å²) in [5.41, 5.74) is 2.74. The number of methoxy groups -OCH3 is 2. The van der Waals surface area contributed by atoms with Crippen LogP contribution in [0.25, 0.3) is 10.2 Å². The summed E-state index contributed by atoms with van der Waals surface area (Å²) >= 11 is 1.30. The van der Waals surface area contributed by atoms with E-state index in [1.54, 1.807) is 43.4 Å². The van der Waals surface area contributed by atoms with E-state index >= 15 is 0 Å². The van der Waals surface area contributed by atoms with Crippen molar-refractivity contribution in [1.82, 2.24) is 19.4 Å². The van der Waals surface area contributed by atoms with Gasteiger partial charge >= 0.3 is 0 Å². The quantitative estimate of drug-likeness (QED) is 0.539. The van der Waals surface area contributed by atoms with E-state index in [-0.39, 0.29) is 5.91 Å². The first kappa shape index (κ1) is 17.9. The molecule has 2 heterocycles. The Labute approximate surface area is 164 Å². The van der Waals surface area contributed by atoms with E-state index in [0.717, 1.165) is 10.3 Å². The average molecular weight is 395 g/mol. The molecule has 2 aromatic heterocycles. The predicted molar refractivity (Wildman–Crippen MR) is 106 cm³/mol. The molecule has 0 atom stereocenters. The lowest BCUT2D eigenvalue weighted by Crippen LogP contribution is -2.11. The highest BCUT2D eigenvalue weighted by atomic mass is 32.1. The number of carbonyl (C=O) groups excluding carboxylic acids is 1. The third-order valence-corrected chi connectivity index (χ3v) is 4.92. The lowest BCUT2D eigenvalue weighted by molar-refractivity contribution is 0.102. The lowest BCUT2D eigenvalue weighted by Gasteiger charge is -2.12. The Bertz CT molecular complexity index is 1140. The van der Waals surface area contributed by atoms with Crippen LogP contribution in [0.4, 0.5) is 5.69 Å². The van der Waals surface area contributed by atoms with Gasteiger partial charge in [-0.3, -0.25) is 9.48 Å². The minimum Gasteiger partial charge on any atom is -0.493 e. The first-order chi connectivity index (χ1) is 13.7. The second-order valence-corrected chi connectivity index (χ2v) is 6.77. The smallest absolute Gasteiger partial charge is 0.255 e. The van der Waals surface area contributed by atoms with Gasteiger partial charge in [0.05, 0.1) is 37.3 Å². The number of para-hydroxylation sites is 1. The van der Waals surface area contributed by atoms with Crippen LogP contribution < -0.4 is 14.8 Å². The van der Waals surface area contributed by atoms with Crippen LogP contribution in [0.15, 0.2) is 48.8 Å². The molecule has 2 aromatic carbocycles. The molecule has 28 heavy (non-hydrogen) atoms. The standard InChI is InChI=1S/C19H17N5O3S/c1-26-16-5-3-4-13(18(16)27-2)10-24-11-14(9-20-24)21-19(25)12-6-7-17-15(8-12)22-23-28-17/h3-9,11H,10H2,1-2H3,(H,21,25). The Morgan fingerprint density at radius 3 is 2.93 bits per heavy atom. The van der Waals surface area contributed by atoms with Crippen molar-refractivity contribution in [3.8, 4) is 11.5 Å². The number of amides is 1. The number of nitrogens with zero attached hydrogens (tertiary/aromatic N) is 4. The first-order valence-electron chi connectivity index (χ1n) is 8.43. The highest BCUT2D eigenvalue weighted by molar-refractivity contribution is 7.12. The van der Waals surface area contributed by atoms with E-state index in [9.17, 15) is 4.79 Å². The second kappa shape index (κ2) is 7.65. The van der Waals surface area contributed by atoms with Crippen molar-refractivity contribution < 1.29 is 14.3 Å². The minimum atomic E-state index is -0.228. The first-order valence-corrected chi connectivity index (χ1v) is 9.21. The number of fused-ring (bicyclic) bond motifs is 1. The van der Waals surface area contributed by atoms with Crippen LogP contribution in [0.1, 0.15) is 15.9 Å². The van der Waals surface area contributed by atoms with Crippen LogP contribution in [0.2, 0.25) is 0 Å². The Balaban J connectivity index is 1.49. The molecule has 142 valence electrons. The second-order valence-electron chi connectivity index (χ2n) is 5.99. The van der Waals surface area contributed by atoms with Crippen LogP contribution in [-0.4, -0.2) is 39.5 Å². The van der Waals surface area contributed by atoms with Crippen molar-refractivity contribution in [2.45, 2.75) is 6.54 Å². The van der Waals surface area contributed by atoms with Crippen molar-refractivity contribution in [1.29, 1.82) is 0 Å². The maximum atomic E-state index is 12.5. The third kappa shape index (κ3) is 3.52. The number of rotatable bonds is 6. The van der Waals surface area contributed by atoms with E-state index in [4.69, 9.17) is 9.47 Å². The van der Waals surface area contributed by atoms with Crippen LogP contribution in [0.5, 0.6) is 11.5 Å². The van der Waals surface area contributed by atoms with Crippen LogP contribution in [-0.2, 0) is 6.54 Å². The number of benzene rings is 2. The zero-order valence-corrected chi connectivity index (χ0v) is 16.1. The molecular weight excluding hydrogens is 378 g/mol. The van der Waals surface area contributed by atoms with E-state index in [1.807, 2.05) is 24.3 Å². The van der Waals surface area contributed by atoms with E-state index in [1.165, 1.54) is 11.5 Å². The van der Waals surface area contributed by atoms with Crippen LogP contribution in [0.3, 0.4) is 0 Å². The largest absolute Gasteiger partial charge is 0.493 e. The number of hydrogen-bond acceptors (Lipinski definition) is 7. The summed E-state index contributed by atoms with van der Waals surface area (Å²) in [5.74, 6) is 1.09. The molecule has 4 rings (SSSR count). The molecule has 1 N–H and O–H groups in total. The molecular formula is C19H17N5O3S. The number of aromatic nitrogens is 4. The summed E-state index contributed by atoms with van der Waals surface area (Å²) in [7, 11) is 3.20. The molecule has 1 amide bonds. The van der Waals surface area contributed by atoms with Crippen LogP contribution in [0, 0.1) is 0 Å². The predicted octanol–water partition coefficient (Wildman–Crippen LogP) is 3.21. The number of nitrogens with one attached hydrogen (secondary N) is 1. The maximum Gasteiger partial charge on any atom is 0.255 e. The highest BCUT2D eigenvalue weighted by Crippen LogP contribution is 2.31. The van der Waals surface area contributed by atoms with Gasteiger partial charge in [0.1, 0.15) is 5.52 Å². The van der Waals surface area contributed by atoms with E-state index in [0.29, 0.717) is 34.8 Å². The molecule has 0 aliphatic heterocycles. The van der Waals surface area contributed by atoms with Gasteiger partial charge in [-0.05, 0) is 35.8 Å². The molecule has 0 saturated carbocycles. The fourth-order valence-electron chi connectivity index (χ4n) is 2.89. The Hall–Kier alpha value is -3.46. The molecule has 0 aliphatic rings. The molecule has 9 heteroatoms. The van der Waals surface area contributed by atoms with Crippen molar-refractivity contribution in [2.24, 2.45) is 0 Å². The maximum absolute atomic E-state index is 12.5. The van der Waals surface area contributed by atoms with E-state index < -0.39 is 0 Å². The monoisotopic (exact) mass is 395 g/mol. The Kier molecular flexibility index (Phi) is 4.90. The average Bonchev–Trinajstić information content (AvgIpc) is 3.36. The van der Waals surface area contributed by atoms with Gasteiger partial charge in [0.15, 0.2) is 11.5 Å². The van der Waals surface area contributed by atoms with Gasteiger partial charge in [-0.15, -0.1) is 5.10 Å². The summed E-state index contributed by atoms with van der Waals surface area (Å²) in [4.78, 5) is 12.5. The molecule has 8 nitrogen and oxygen atoms in total. The fourth-order valence-corrected chi connectivity index (χ4v) is 3.43. The normalized spacial score (nSPS) is 10.8.